The van der Waals surface area contributed by atoms with Crippen LogP contribution in [0.4, 0.5) is 5.69 Å². The number of hydrogen-bond donors (Lipinski definition) is 0. The molecule has 0 spiro atoms. The predicted molar refractivity (Wildman–Crippen MR) is 160 cm³/mol. The van der Waals surface area contributed by atoms with Gasteiger partial charge in [-0.15, -0.1) is 0 Å². The summed E-state index contributed by atoms with van der Waals surface area (Å²) in [5.74, 6) is 1.03. The molecule has 0 amide bonds. The number of esters is 1. The highest BCUT2D eigenvalue weighted by Crippen LogP contribution is 2.35. The summed E-state index contributed by atoms with van der Waals surface area (Å²) in [6.45, 7) is 7.62. The van der Waals surface area contributed by atoms with Crippen LogP contribution in [0.15, 0.2) is 80.1 Å². The molecule has 0 fully saturated rings. The van der Waals surface area contributed by atoms with E-state index in [9.17, 15) is 19.7 Å². The molecule has 11 nitrogen and oxygen atoms in total. The maximum Gasteiger partial charge on any atom is 0.338 e. The molecule has 43 heavy (non-hydrogen) atoms. The van der Waals surface area contributed by atoms with Crippen LogP contribution in [-0.4, -0.2) is 35.3 Å². The Labute approximate surface area is 250 Å². The normalized spacial score (nSPS) is 14.8. The number of aromatic nitrogens is 1. The van der Waals surface area contributed by atoms with Crippen molar-refractivity contribution in [3.8, 4) is 22.8 Å². The number of methoxy groups -OCH3 is 1. The number of nitro groups is 1. The number of furan rings is 1. The highest BCUT2D eigenvalue weighted by Gasteiger charge is 2.34. The molecule has 0 saturated carbocycles. The first-order valence-corrected chi connectivity index (χ1v) is 14.3. The Kier molecular flexibility index (Phi) is 8.31. The van der Waals surface area contributed by atoms with Gasteiger partial charge in [0.2, 0.25) is 0 Å². The van der Waals surface area contributed by atoms with Crippen molar-refractivity contribution in [2.75, 3.05) is 13.7 Å². The fourth-order valence-corrected chi connectivity index (χ4v) is 5.82. The van der Waals surface area contributed by atoms with E-state index in [1.807, 2.05) is 19.1 Å². The lowest BCUT2D eigenvalue weighted by Crippen LogP contribution is -2.40. The first-order valence-electron chi connectivity index (χ1n) is 13.5. The van der Waals surface area contributed by atoms with Gasteiger partial charge in [0.05, 0.1) is 58.2 Å². The monoisotopic (exact) mass is 603 g/mol. The third kappa shape index (κ3) is 5.86. The van der Waals surface area contributed by atoms with Gasteiger partial charge in [0.15, 0.2) is 4.80 Å². The van der Waals surface area contributed by atoms with Crippen molar-refractivity contribution in [1.82, 2.24) is 4.57 Å². The summed E-state index contributed by atoms with van der Waals surface area (Å²) in [4.78, 5) is 43.4. The topological polar surface area (TPSA) is 135 Å². The largest absolute Gasteiger partial charge is 0.497 e. The number of carbonyl (C=O) groups excluding carboxylic acids is 1. The number of nitro benzene ring substituents is 1. The van der Waals surface area contributed by atoms with Gasteiger partial charge >= 0.3 is 5.97 Å². The van der Waals surface area contributed by atoms with Crippen molar-refractivity contribution < 1.29 is 28.3 Å². The quantitative estimate of drug-likeness (QED) is 0.152. The Morgan fingerprint density at radius 3 is 2.53 bits per heavy atom. The number of allylic oxidation sites excluding steroid dienone is 1. The summed E-state index contributed by atoms with van der Waals surface area (Å²) < 4.78 is 24.0. The summed E-state index contributed by atoms with van der Waals surface area (Å²) in [7, 11) is 1.43. The van der Waals surface area contributed by atoms with E-state index < -0.39 is 16.9 Å². The lowest BCUT2D eigenvalue weighted by molar-refractivity contribution is -0.384. The summed E-state index contributed by atoms with van der Waals surface area (Å²) in [6.07, 6.45) is 1.19. The smallest absolute Gasteiger partial charge is 0.338 e. The molecule has 0 N–H and O–H groups in total. The first-order chi connectivity index (χ1) is 20.6. The molecule has 0 aliphatic carbocycles. The molecule has 1 atom stereocenters. The van der Waals surface area contributed by atoms with Crippen LogP contribution in [0.25, 0.3) is 17.4 Å². The molecule has 3 heterocycles. The zero-order valence-corrected chi connectivity index (χ0v) is 25.0. The van der Waals surface area contributed by atoms with Crippen molar-refractivity contribution in [2.24, 2.45) is 4.99 Å². The Morgan fingerprint density at radius 1 is 1.16 bits per heavy atom. The standard InChI is InChI=1S/C31H29N3O8S/c1-6-40-20-9-7-19(8-10-20)28-27(30(36)41-17(2)3)18(4)32-31-33(28)29(35)26(43-31)16-22-12-14-25(42-22)23-13-11-21(39-5)15-24(23)34(37)38/h7-17,28H,6H2,1-5H3/b26-16+/t28-/m1/s1. The van der Waals surface area contributed by atoms with E-state index in [1.54, 1.807) is 63.2 Å². The second-order valence-corrected chi connectivity index (χ2v) is 10.9. The third-order valence-electron chi connectivity index (χ3n) is 6.66. The number of hydrogen-bond acceptors (Lipinski definition) is 10. The average Bonchev–Trinajstić information content (AvgIpc) is 3.56. The lowest BCUT2D eigenvalue weighted by Gasteiger charge is -2.25. The number of benzene rings is 2. The van der Waals surface area contributed by atoms with Gasteiger partial charge in [-0.3, -0.25) is 19.5 Å². The number of fused-ring (bicyclic) bond motifs is 1. The molecular weight excluding hydrogens is 574 g/mol. The summed E-state index contributed by atoms with van der Waals surface area (Å²) in [5, 5.41) is 11.7. The van der Waals surface area contributed by atoms with Gasteiger partial charge in [-0.05, 0) is 69.7 Å². The number of nitrogens with zero attached hydrogens (tertiary/aromatic N) is 3. The van der Waals surface area contributed by atoms with Gasteiger partial charge in [-0.1, -0.05) is 23.5 Å². The lowest BCUT2D eigenvalue weighted by atomic mass is 9.96. The predicted octanol–water partition coefficient (Wildman–Crippen LogP) is 4.76. The van der Waals surface area contributed by atoms with Crippen molar-refractivity contribution in [2.45, 2.75) is 39.8 Å². The minimum atomic E-state index is -0.783. The second kappa shape index (κ2) is 12.1. The molecule has 0 saturated heterocycles. The Hall–Kier alpha value is -4.97. The van der Waals surface area contributed by atoms with Gasteiger partial charge in [0, 0.05) is 6.08 Å². The average molecular weight is 604 g/mol. The number of thiazole rings is 1. The van der Waals surface area contributed by atoms with E-state index in [-0.39, 0.29) is 34.2 Å². The number of ether oxygens (including phenoxy) is 3. The third-order valence-corrected chi connectivity index (χ3v) is 7.64. The highest BCUT2D eigenvalue weighted by atomic mass is 32.1. The molecule has 1 aliphatic rings. The SMILES string of the molecule is CCOc1ccc([C@@H]2C(C(=O)OC(C)C)=C(C)N=c3s/c(=C/c4ccc(-c5ccc(OC)cc5[N+](=O)[O-])o4)c(=O)n32)cc1. The maximum atomic E-state index is 13.9. The molecule has 2 aromatic carbocycles. The zero-order valence-electron chi connectivity index (χ0n) is 24.2. The van der Waals surface area contributed by atoms with Crippen LogP contribution < -0.4 is 24.4 Å². The zero-order chi connectivity index (χ0) is 30.8. The van der Waals surface area contributed by atoms with Crippen LogP contribution in [0.2, 0.25) is 0 Å². The number of rotatable bonds is 9. The van der Waals surface area contributed by atoms with Gasteiger partial charge in [-0.2, -0.15) is 0 Å². The van der Waals surface area contributed by atoms with Gasteiger partial charge in [0.1, 0.15) is 23.0 Å². The maximum absolute atomic E-state index is 13.9. The molecule has 4 aromatic rings. The van der Waals surface area contributed by atoms with Crippen LogP contribution in [0.1, 0.15) is 45.1 Å². The van der Waals surface area contributed by atoms with Gasteiger partial charge < -0.3 is 18.6 Å². The van der Waals surface area contributed by atoms with Crippen LogP contribution in [-0.2, 0) is 9.53 Å². The fourth-order valence-electron chi connectivity index (χ4n) is 4.79. The van der Waals surface area contributed by atoms with Gasteiger partial charge in [0.25, 0.3) is 11.2 Å². The van der Waals surface area contributed by atoms with Crippen molar-refractivity contribution in [3.05, 3.63) is 107 Å². The summed E-state index contributed by atoms with van der Waals surface area (Å²) >= 11 is 1.15. The van der Waals surface area contributed by atoms with Crippen LogP contribution >= 0.6 is 11.3 Å². The molecule has 12 heteroatoms. The molecule has 1 aliphatic heterocycles. The molecule has 2 aromatic heterocycles. The second-order valence-electron chi connectivity index (χ2n) is 9.88. The van der Waals surface area contributed by atoms with Crippen molar-refractivity contribution >= 4 is 29.1 Å². The molecule has 0 unspecified atom stereocenters. The van der Waals surface area contributed by atoms with Crippen LogP contribution in [0.3, 0.4) is 0 Å². The fraction of sp³-hybridized carbons (Fsp3) is 0.258. The van der Waals surface area contributed by atoms with E-state index in [4.69, 9.17) is 18.6 Å². The molecule has 5 rings (SSSR count). The molecule has 0 bridgehead atoms. The Bertz CT molecular complexity index is 1910. The number of carbonyl (C=O) groups is 1. The van der Waals surface area contributed by atoms with Crippen molar-refractivity contribution in [3.63, 3.8) is 0 Å². The Balaban J connectivity index is 1.61. The highest BCUT2D eigenvalue weighted by molar-refractivity contribution is 7.07. The van der Waals surface area contributed by atoms with E-state index in [1.165, 1.54) is 17.7 Å². The summed E-state index contributed by atoms with van der Waals surface area (Å²) in [5.41, 5.74) is 1.12. The van der Waals surface area contributed by atoms with E-state index in [0.29, 0.717) is 44.5 Å². The van der Waals surface area contributed by atoms with E-state index in [2.05, 4.69) is 4.99 Å². The molecule has 0 radical (unpaired) electrons. The Morgan fingerprint density at radius 2 is 1.88 bits per heavy atom. The molecular formula is C31H29N3O8S. The molecule has 222 valence electrons. The van der Waals surface area contributed by atoms with E-state index in [0.717, 1.165) is 11.3 Å². The first kappa shape index (κ1) is 29.5. The van der Waals surface area contributed by atoms with Crippen LogP contribution in [0.5, 0.6) is 11.5 Å². The van der Waals surface area contributed by atoms with Crippen molar-refractivity contribution in [1.29, 1.82) is 0 Å². The van der Waals surface area contributed by atoms with Crippen LogP contribution in [0, 0.1) is 10.1 Å². The van der Waals surface area contributed by atoms with Gasteiger partial charge in [-0.25, -0.2) is 9.79 Å². The minimum Gasteiger partial charge on any atom is -0.497 e. The van der Waals surface area contributed by atoms with E-state index >= 15 is 0 Å². The minimum absolute atomic E-state index is 0.175. The summed E-state index contributed by atoms with van der Waals surface area (Å²) in [6, 6.07) is 14.1.